The summed E-state index contributed by atoms with van der Waals surface area (Å²) in [6.07, 6.45) is 1.44. The number of anilines is 2. The van der Waals surface area contributed by atoms with Gasteiger partial charge in [-0.25, -0.2) is 9.99 Å². The van der Waals surface area contributed by atoms with E-state index in [0.29, 0.717) is 28.2 Å². The van der Waals surface area contributed by atoms with Gasteiger partial charge in [-0.1, -0.05) is 11.6 Å². The van der Waals surface area contributed by atoms with Crippen molar-refractivity contribution >= 4 is 23.1 Å². The summed E-state index contributed by atoms with van der Waals surface area (Å²) in [4.78, 5) is 10.6. The van der Waals surface area contributed by atoms with Crippen LogP contribution in [0, 0.1) is 6.92 Å². The van der Waals surface area contributed by atoms with E-state index in [1.807, 2.05) is 13.0 Å². The minimum absolute atomic E-state index is 0.323. The number of rotatable bonds is 4. The second-order valence-corrected chi connectivity index (χ2v) is 6.26. The molecular weight excluding hydrogens is 328 g/mol. The van der Waals surface area contributed by atoms with Crippen LogP contribution in [0.2, 0.25) is 5.02 Å². The zero-order valence-electron chi connectivity index (χ0n) is 13.8. The van der Waals surface area contributed by atoms with E-state index >= 15 is 0 Å². The number of hydrogen-bond donors (Lipinski definition) is 2. The Hall–Kier alpha value is -2.09. The molecule has 2 heterocycles. The summed E-state index contributed by atoms with van der Waals surface area (Å²) in [5.41, 5.74) is 10.7. The van der Waals surface area contributed by atoms with Crippen molar-refractivity contribution in [2.45, 2.75) is 6.92 Å². The van der Waals surface area contributed by atoms with Crippen molar-refractivity contribution in [3.05, 3.63) is 35.1 Å². The lowest BCUT2D eigenvalue weighted by molar-refractivity contribution is 0.178. The quantitative estimate of drug-likeness (QED) is 0.878. The molecule has 128 valence electrons. The van der Waals surface area contributed by atoms with Crippen LogP contribution in [0.4, 0.5) is 11.5 Å². The van der Waals surface area contributed by atoms with Crippen LogP contribution in [0.1, 0.15) is 5.56 Å². The minimum Gasteiger partial charge on any atom is -0.437 e. The second kappa shape index (κ2) is 7.21. The maximum absolute atomic E-state index is 6.17. The predicted molar refractivity (Wildman–Crippen MR) is 95.4 cm³/mol. The molecule has 0 atom stereocenters. The summed E-state index contributed by atoms with van der Waals surface area (Å²) in [5.74, 6) is 1.51. The fourth-order valence-corrected chi connectivity index (χ4v) is 2.53. The number of nitrogens with two attached hydrogens (primary N) is 1. The maximum atomic E-state index is 6.17. The third kappa shape index (κ3) is 3.87. The first kappa shape index (κ1) is 16.8. The molecule has 8 heteroatoms. The van der Waals surface area contributed by atoms with E-state index in [4.69, 9.17) is 22.1 Å². The van der Waals surface area contributed by atoms with Crippen molar-refractivity contribution in [1.29, 1.82) is 0 Å². The fourth-order valence-electron chi connectivity index (χ4n) is 2.41. The Morgan fingerprint density at radius 3 is 2.67 bits per heavy atom. The van der Waals surface area contributed by atoms with Crippen molar-refractivity contribution in [2.75, 3.05) is 44.4 Å². The third-order valence-corrected chi connectivity index (χ3v) is 4.38. The van der Waals surface area contributed by atoms with Gasteiger partial charge in [-0.3, -0.25) is 0 Å². The summed E-state index contributed by atoms with van der Waals surface area (Å²) >= 11 is 6.03. The number of nitrogens with zero attached hydrogens (tertiary/aromatic N) is 4. The molecule has 0 aliphatic carbocycles. The first-order valence-electron chi connectivity index (χ1n) is 7.77. The molecule has 0 bridgehead atoms. The standard InChI is InChI=1S/C16H21ClN6O/c1-11-9-12(3-4-13(11)17)24-16-14(18)15(19-10-20-16)21-23-7-5-22(2)6-8-23/h3-4,9-10H,5-8,18H2,1-2H3,(H,19,20,21). The number of hydrogen-bond acceptors (Lipinski definition) is 7. The largest absolute Gasteiger partial charge is 0.437 e. The van der Waals surface area contributed by atoms with Gasteiger partial charge in [0.25, 0.3) is 0 Å². The highest BCUT2D eigenvalue weighted by Crippen LogP contribution is 2.31. The zero-order chi connectivity index (χ0) is 17.1. The molecule has 1 aromatic heterocycles. The first-order valence-corrected chi connectivity index (χ1v) is 8.15. The zero-order valence-corrected chi connectivity index (χ0v) is 14.5. The summed E-state index contributed by atoms with van der Waals surface area (Å²) in [7, 11) is 2.11. The molecule has 1 fully saturated rings. The van der Waals surface area contributed by atoms with Crippen molar-refractivity contribution in [2.24, 2.45) is 0 Å². The monoisotopic (exact) mass is 348 g/mol. The van der Waals surface area contributed by atoms with Crippen molar-refractivity contribution in [3.63, 3.8) is 0 Å². The van der Waals surface area contributed by atoms with Gasteiger partial charge >= 0.3 is 0 Å². The molecule has 7 nitrogen and oxygen atoms in total. The van der Waals surface area contributed by atoms with Gasteiger partial charge in [0.2, 0.25) is 5.88 Å². The van der Waals surface area contributed by atoms with Crippen LogP contribution in [-0.2, 0) is 0 Å². The summed E-state index contributed by atoms with van der Waals surface area (Å²) in [6, 6.07) is 5.41. The normalized spacial score (nSPS) is 16.1. The van der Waals surface area contributed by atoms with Crippen LogP contribution in [0.25, 0.3) is 0 Å². The van der Waals surface area contributed by atoms with Crippen LogP contribution in [0.5, 0.6) is 11.6 Å². The Morgan fingerprint density at radius 1 is 1.21 bits per heavy atom. The SMILES string of the molecule is Cc1cc(Oc2ncnc(NN3CCN(C)CC3)c2N)ccc1Cl. The molecule has 1 aliphatic rings. The molecule has 0 spiro atoms. The van der Waals surface area contributed by atoms with Gasteiger partial charge in [0.15, 0.2) is 5.82 Å². The molecule has 0 saturated carbocycles. The van der Waals surface area contributed by atoms with E-state index in [0.717, 1.165) is 31.7 Å². The third-order valence-electron chi connectivity index (χ3n) is 3.96. The van der Waals surface area contributed by atoms with Gasteiger partial charge in [-0.2, -0.15) is 4.98 Å². The lowest BCUT2D eigenvalue weighted by Crippen LogP contribution is -2.47. The molecule has 0 radical (unpaired) electrons. The number of nitrogens with one attached hydrogen (secondary N) is 1. The van der Waals surface area contributed by atoms with Crippen molar-refractivity contribution in [1.82, 2.24) is 19.9 Å². The predicted octanol–water partition coefficient (Wildman–Crippen LogP) is 2.39. The van der Waals surface area contributed by atoms with E-state index in [-0.39, 0.29) is 0 Å². The van der Waals surface area contributed by atoms with E-state index in [9.17, 15) is 0 Å². The van der Waals surface area contributed by atoms with E-state index < -0.39 is 0 Å². The Morgan fingerprint density at radius 2 is 1.96 bits per heavy atom. The van der Waals surface area contributed by atoms with Gasteiger partial charge < -0.3 is 20.8 Å². The number of piperazine rings is 1. The second-order valence-electron chi connectivity index (χ2n) is 5.86. The van der Waals surface area contributed by atoms with Crippen molar-refractivity contribution in [3.8, 4) is 11.6 Å². The molecule has 2 aromatic rings. The summed E-state index contributed by atoms with van der Waals surface area (Å²) in [5, 5.41) is 2.78. The highest BCUT2D eigenvalue weighted by Gasteiger charge is 2.17. The average molecular weight is 349 g/mol. The van der Waals surface area contributed by atoms with E-state index in [1.54, 1.807) is 12.1 Å². The molecule has 1 aliphatic heterocycles. The number of ether oxygens (including phenoxy) is 1. The van der Waals surface area contributed by atoms with Gasteiger partial charge in [0.1, 0.15) is 17.8 Å². The minimum atomic E-state index is 0.323. The average Bonchev–Trinajstić information content (AvgIpc) is 2.57. The topological polar surface area (TPSA) is 79.5 Å². The summed E-state index contributed by atoms with van der Waals surface area (Å²) < 4.78 is 5.79. The number of nitrogen functional groups attached to an aromatic ring is 1. The van der Waals surface area contributed by atoms with Crippen LogP contribution in [0.3, 0.4) is 0 Å². The maximum Gasteiger partial charge on any atom is 0.248 e. The fraction of sp³-hybridized carbons (Fsp3) is 0.375. The molecule has 0 amide bonds. The van der Waals surface area contributed by atoms with Crippen LogP contribution in [0.15, 0.2) is 24.5 Å². The number of halogens is 1. The Kier molecular flexibility index (Phi) is 5.03. The van der Waals surface area contributed by atoms with Crippen LogP contribution < -0.4 is 15.9 Å². The van der Waals surface area contributed by atoms with E-state index in [1.165, 1.54) is 6.33 Å². The van der Waals surface area contributed by atoms with Gasteiger partial charge in [0.05, 0.1) is 0 Å². The highest BCUT2D eigenvalue weighted by molar-refractivity contribution is 6.31. The highest BCUT2D eigenvalue weighted by atomic mass is 35.5. The molecule has 3 rings (SSSR count). The molecule has 1 aromatic carbocycles. The van der Waals surface area contributed by atoms with Gasteiger partial charge in [-0.05, 0) is 37.7 Å². The smallest absolute Gasteiger partial charge is 0.248 e. The number of likely N-dealkylation sites (N-methyl/N-ethyl adjacent to an activating group) is 1. The number of hydrazine groups is 1. The Bertz CT molecular complexity index is 718. The van der Waals surface area contributed by atoms with Gasteiger partial charge in [0, 0.05) is 31.2 Å². The Balaban J connectivity index is 1.74. The van der Waals surface area contributed by atoms with Gasteiger partial charge in [-0.15, -0.1) is 0 Å². The van der Waals surface area contributed by atoms with Crippen LogP contribution >= 0.6 is 11.6 Å². The first-order chi connectivity index (χ1) is 11.5. The number of benzene rings is 1. The molecular formula is C16H21ClN6O. The lowest BCUT2D eigenvalue weighted by atomic mass is 10.2. The number of aryl methyl sites for hydroxylation is 1. The Labute approximate surface area is 146 Å². The summed E-state index contributed by atoms with van der Waals surface area (Å²) in [6.45, 7) is 5.69. The van der Waals surface area contributed by atoms with E-state index in [2.05, 4.69) is 32.4 Å². The number of aromatic nitrogens is 2. The molecule has 0 unspecified atom stereocenters. The molecule has 24 heavy (non-hydrogen) atoms. The lowest BCUT2D eigenvalue weighted by Gasteiger charge is -2.32. The van der Waals surface area contributed by atoms with Crippen molar-refractivity contribution < 1.29 is 4.74 Å². The molecule has 1 saturated heterocycles. The molecule has 3 N–H and O–H groups in total. The van der Waals surface area contributed by atoms with Crippen LogP contribution in [-0.4, -0.2) is 53.1 Å².